The van der Waals surface area contributed by atoms with E-state index in [9.17, 15) is 14.9 Å². The molecule has 1 aliphatic rings. The Morgan fingerprint density at radius 3 is 2.72 bits per heavy atom. The molecular formula is C14H16N6O5. The van der Waals surface area contributed by atoms with Crippen molar-refractivity contribution >= 4 is 29.1 Å². The van der Waals surface area contributed by atoms with Crippen molar-refractivity contribution in [3.63, 3.8) is 0 Å². The Hall–Kier alpha value is -3.24. The van der Waals surface area contributed by atoms with Crippen LogP contribution >= 0.6 is 0 Å². The highest BCUT2D eigenvalue weighted by Crippen LogP contribution is 2.35. The van der Waals surface area contributed by atoms with E-state index in [0.29, 0.717) is 37.5 Å². The van der Waals surface area contributed by atoms with Gasteiger partial charge < -0.3 is 19.8 Å². The molecule has 2 N–H and O–H groups in total. The van der Waals surface area contributed by atoms with Gasteiger partial charge in [0.2, 0.25) is 11.6 Å². The maximum Gasteiger partial charge on any atom is 0.353 e. The SMILES string of the molecule is Cc1cc(Nc2ncnc(N3CCC(C(=O)O)CC3)c2[N+](=O)[O-])no1. The Morgan fingerprint density at radius 1 is 1.44 bits per heavy atom. The summed E-state index contributed by atoms with van der Waals surface area (Å²) in [6.45, 7) is 2.44. The summed E-state index contributed by atoms with van der Waals surface area (Å²) in [5.41, 5.74) is -0.281. The second kappa shape index (κ2) is 6.71. The first-order valence-corrected chi connectivity index (χ1v) is 7.63. The highest BCUT2D eigenvalue weighted by Gasteiger charge is 2.31. The molecule has 11 nitrogen and oxygen atoms in total. The number of hydrogen-bond donors (Lipinski definition) is 2. The van der Waals surface area contributed by atoms with Crippen LogP contribution in [-0.2, 0) is 4.79 Å². The van der Waals surface area contributed by atoms with Crippen molar-refractivity contribution in [3.05, 3.63) is 28.3 Å². The van der Waals surface area contributed by atoms with Crippen LogP contribution in [0, 0.1) is 23.0 Å². The summed E-state index contributed by atoms with van der Waals surface area (Å²) < 4.78 is 4.93. The fraction of sp³-hybridized carbons (Fsp3) is 0.429. The van der Waals surface area contributed by atoms with Gasteiger partial charge in [-0.15, -0.1) is 0 Å². The lowest BCUT2D eigenvalue weighted by molar-refractivity contribution is -0.383. The smallest absolute Gasteiger partial charge is 0.353 e. The van der Waals surface area contributed by atoms with Crippen LogP contribution < -0.4 is 10.2 Å². The molecule has 0 aliphatic carbocycles. The molecule has 2 aromatic rings. The van der Waals surface area contributed by atoms with Crippen LogP contribution in [0.4, 0.5) is 23.1 Å². The van der Waals surface area contributed by atoms with Gasteiger partial charge >= 0.3 is 11.7 Å². The van der Waals surface area contributed by atoms with Gasteiger partial charge in [0.25, 0.3) is 0 Å². The molecule has 0 amide bonds. The van der Waals surface area contributed by atoms with Gasteiger partial charge in [-0.1, -0.05) is 5.16 Å². The first-order valence-electron chi connectivity index (χ1n) is 7.63. The quantitative estimate of drug-likeness (QED) is 0.604. The van der Waals surface area contributed by atoms with E-state index in [1.54, 1.807) is 17.9 Å². The Balaban J connectivity index is 1.88. The van der Waals surface area contributed by atoms with Gasteiger partial charge in [-0.2, -0.15) is 0 Å². The van der Waals surface area contributed by atoms with Gasteiger partial charge in [0, 0.05) is 19.2 Å². The van der Waals surface area contributed by atoms with Crippen molar-refractivity contribution in [2.75, 3.05) is 23.3 Å². The summed E-state index contributed by atoms with van der Waals surface area (Å²) in [5, 5.41) is 27.1. The molecule has 1 saturated heterocycles. The number of piperidine rings is 1. The predicted octanol–water partition coefficient (Wildman–Crippen LogP) is 1.73. The van der Waals surface area contributed by atoms with Crippen molar-refractivity contribution in [2.24, 2.45) is 5.92 Å². The number of carboxylic acid groups (broad SMARTS) is 1. The number of aliphatic carboxylic acids is 1. The molecule has 0 aromatic carbocycles. The van der Waals surface area contributed by atoms with Gasteiger partial charge in [-0.25, -0.2) is 9.97 Å². The van der Waals surface area contributed by atoms with Crippen molar-refractivity contribution < 1.29 is 19.3 Å². The molecule has 0 unspecified atom stereocenters. The number of nitro groups is 1. The maximum atomic E-state index is 11.6. The lowest BCUT2D eigenvalue weighted by atomic mass is 9.97. The van der Waals surface area contributed by atoms with Crippen LogP contribution in [0.25, 0.3) is 0 Å². The largest absolute Gasteiger partial charge is 0.481 e. The number of hydrogen-bond acceptors (Lipinski definition) is 9. The first kappa shape index (κ1) is 16.6. The van der Waals surface area contributed by atoms with Crippen LogP contribution in [0.15, 0.2) is 16.9 Å². The Bertz CT molecular complexity index is 799. The van der Waals surface area contributed by atoms with Gasteiger partial charge in [0.15, 0.2) is 5.82 Å². The normalized spacial score (nSPS) is 15.2. The van der Waals surface area contributed by atoms with E-state index in [1.165, 1.54) is 6.33 Å². The third-order valence-corrected chi connectivity index (χ3v) is 4.00. The van der Waals surface area contributed by atoms with Crippen LogP contribution in [0.1, 0.15) is 18.6 Å². The molecule has 132 valence electrons. The molecule has 1 fully saturated rings. The second-order valence-electron chi connectivity index (χ2n) is 5.70. The lowest BCUT2D eigenvalue weighted by Gasteiger charge is -2.30. The van der Waals surface area contributed by atoms with Crippen LogP contribution in [0.5, 0.6) is 0 Å². The van der Waals surface area contributed by atoms with Gasteiger partial charge in [0.05, 0.1) is 10.8 Å². The second-order valence-corrected chi connectivity index (χ2v) is 5.70. The number of aryl methyl sites for hydroxylation is 1. The molecule has 3 rings (SSSR count). The van der Waals surface area contributed by atoms with E-state index in [2.05, 4.69) is 20.4 Å². The molecule has 0 atom stereocenters. The monoisotopic (exact) mass is 348 g/mol. The maximum absolute atomic E-state index is 11.6. The van der Waals surface area contributed by atoms with Crippen molar-refractivity contribution in [3.8, 4) is 0 Å². The van der Waals surface area contributed by atoms with Crippen molar-refractivity contribution in [1.29, 1.82) is 0 Å². The summed E-state index contributed by atoms with van der Waals surface area (Å²) in [5.74, 6) is -0.270. The zero-order valence-corrected chi connectivity index (χ0v) is 13.4. The molecule has 1 aliphatic heterocycles. The van der Waals surface area contributed by atoms with E-state index >= 15 is 0 Å². The number of rotatable bonds is 5. The van der Waals surface area contributed by atoms with E-state index in [-0.39, 0.29) is 17.3 Å². The fourth-order valence-electron chi connectivity index (χ4n) is 2.75. The van der Waals surface area contributed by atoms with Crippen LogP contribution in [0.3, 0.4) is 0 Å². The Labute approximate surface area is 141 Å². The standard InChI is InChI=1S/C14H16N6O5/c1-8-6-10(18-25-8)17-12-11(20(23)24)13(16-7-15-12)19-4-2-9(3-5-19)14(21)22/h6-7,9H,2-5H2,1H3,(H,21,22)(H,15,16,17,18). The number of carboxylic acids is 1. The zero-order valence-electron chi connectivity index (χ0n) is 13.4. The minimum Gasteiger partial charge on any atom is -0.481 e. The van der Waals surface area contributed by atoms with E-state index in [4.69, 9.17) is 9.63 Å². The number of nitrogens with zero attached hydrogens (tertiary/aromatic N) is 5. The number of anilines is 3. The molecule has 0 spiro atoms. The minimum absolute atomic E-state index is 0.00339. The first-order chi connectivity index (χ1) is 12.0. The molecule has 0 bridgehead atoms. The third-order valence-electron chi connectivity index (χ3n) is 4.00. The fourth-order valence-corrected chi connectivity index (χ4v) is 2.75. The van der Waals surface area contributed by atoms with E-state index in [0.717, 1.165) is 0 Å². The Morgan fingerprint density at radius 2 is 2.16 bits per heavy atom. The van der Waals surface area contributed by atoms with E-state index in [1.807, 2.05) is 0 Å². The summed E-state index contributed by atoms with van der Waals surface area (Å²) in [6, 6.07) is 1.59. The average molecular weight is 348 g/mol. The molecular weight excluding hydrogens is 332 g/mol. The topological polar surface area (TPSA) is 148 Å². The number of aromatic nitrogens is 3. The van der Waals surface area contributed by atoms with Crippen LogP contribution in [0.2, 0.25) is 0 Å². The Kier molecular flexibility index (Phi) is 4.46. The summed E-state index contributed by atoms with van der Waals surface area (Å²) in [4.78, 5) is 31.8. The summed E-state index contributed by atoms with van der Waals surface area (Å²) in [7, 11) is 0. The predicted molar refractivity (Wildman–Crippen MR) is 85.8 cm³/mol. The number of nitrogens with one attached hydrogen (secondary N) is 1. The number of carbonyl (C=O) groups is 1. The van der Waals surface area contributed by atoms with Gasteiger partial charge in [-0.3, -0.25) is 14.9 Å². The average Bonchev–Trinajstić information content (AvgIpc) is 2.99. The summed E-state index contributed by atoms with van der Waals surface area (Å²) in [6.07, 6.45) is 2.03. The minimum atomic E-state index is -0.847. The van der Waals surface area contributed by atoms with E-state index < -0.39 is 16.8 Å². The molecule has 0 saturated carbocycles. The summed E-state index contributed by atoms with van der Waals surface area (Å²) >= 11 is 0. The highest BCUT2D eigenvalue weighted by atomic mass is 16.6. The highest BCUT2D eigenvalue weighted by molar-refractivity contribution is 5.74. The van der Waals surface area contributed by atoms with Gasteiger partial charge in [0.1, 0.15) is 12.1 Å². The van der Waals surface area contributed by atoms with Crippen LogP contribution in [-0.4, -0.2) is 44.2 Å². The molecule has 2 aromatic heterocycles. The molecule has 11 heteroatoms. The molecule has 25 heavy (non-hydrogen) atoms. The molecule has 3 heterocycles. The van der Waals surface area contributed by atoms with Gasteiger partial charge in [-0.05, 0) is 19.8 Å². The zero-order chi connectivity index (χ0) is 18.0. The van der Waals surface area contributed by atoms with Crippen molar-refractivity contribution in [1.82, 2.24) is 15.1 Å². The third kappa shape index (κ3) is 3.49. The lowest BCUT2D eigenvalue weighted by Crippen LogP contribution is -2.37. The van der Waals surface area contributed by atoms with Crippen molar-refractivity contribution in [2.45, 2.75) is 19.8 Å². The molecule has 0 radical (unpaired) electrons.